The fourth-order valence-electron chi connectivity index (χ4n) is 2.99. The van der Waals surface area contributed by atoms with Gasteiger partial charge < -0.3 is 4.74 Å². The van der Waals surface area contributed by atoms with Crippen molar-refractivity contribution in [2.24, 2.45) is 5.41 Å². The molecule has 0 amide bonds. The van der Waals surface area contributed by atoms with Crippen LogP contribution in [0.15, 0.2) is 58.7 Å². The van der Waals surface area contributed by atoms with Crippen molar-refractivity contribution in [1.82, 2.24) is 0 Å². The summed E-state index contributed by atoms with van der Waals surface area (Å²) in [5.41, 5.74) is 5.60. The van der Waals surface area contributed by atoms with Crippen molar-refractivity contribution in [2.75, 3.05) is 6.61 Å². The van der Waals surface area contributed by atoms with Gasteiger partial charge in [0.25, 0.3) is 0 Å². The van der Waals surface area contributed by atoms with Crippen molar-refractivity contribution in [2.45, 2.75) is 60.8 Å². The Labute approximate surface area is 147 Å². The van der Waals surface area contributed by atoms with E-state index in [1.165, 1.54) is 42.9 Å². The van der Waals surface area contributed by atoms with E-state index in [4.69, 9.17) is 4.74 Å². The summed E-state index contributed by atoms with van der Waals surface area (Å²) in [4.78, 5) is 10.7. The number of esters is 1. The number of carbonyl (C=O) groups is 1. The second kappa shape index (κ2) is 9.46. The fraction of sp³-hybridized carbons (Fsp3) is 0.500. The Kier molecular flexibility index (Phi) is 7.97. The molecule has 0 radical (unpaired) electrons. The minimum Gasteiger partial charge on any atom is -0.462 e. The largest absolute Gasteiger partial charge is 0.462 e. The summed E-state index contributed by atoms with van der Waals surface area (Å²) in [7, 11) is 0. The number of rotatable bonds is 6. The van der Waals surface area contributed by atoms with Crippen LogP contribution in [0.4, 0.5) is 0 Å². The third-order valence-corrected chi connectivity index (χ3v) is 4.47. The van der Waals surface area contributed by atoms with Crippen molar-refractivity contribution in [3.05, 3.63) is 58.7 Å². The van der Waals surface area contributed by atoms with Crippen LogP contribution in [0.1, 0.15) is 60.8 Å². The van der Waals surface area contributed by atoms with E-state index in [1.54, 1.807) is 0 Å². The summed E-state index contributed by atoms with van der Waals surface area (Å²) in [6, 6.07) is 0. The van der Waals surface area contributed by atoms with E-state index in [-0.39, 0.29) is 11.4 Å². The molecule has 0 aromatic carbocycles. The molecule has 0 aromatic heterocycles. The number of ether oxygens (including phenoxy) is 1. The highest BCUT2D eigenvalue weighted by Gasteiger charge is 2.26. The molecular weight excluding hydrogens is 296 g/mol. The van der Waals surface area contributed by atoms with Crippen molar-refractivity contribution < 1.29 is 9.53 Å². The molecule has 0 saturated carbocycles. The predicted molar refractivity (Wildman–Crippen MR) is 103 cm³/mol. The van der Waals surface area contributed by atoms with Gasteiger partial charge in [-0.05, 0) is 57.1 Å². The lowest BCUT2D eigenvalue weighted by Gasteiger charge is -2.32. The van der Waals surface area contributed by atoms with E-state index >= 15 is 0 Å². The predicted octanol–water partition coefficient (Wildman–Crippen LogP) is 6.08. The molecule has 2 nitrogen and oxygen atoms in total. The Bertz CT molecular complexity index is 595. The fourth-order valence-corrected chi connectivity index (χ4v) is 2.99. The van der Waals surface area contributed by atoms with Crippen LogP contribution in [0, 0.1) is 5.41 Å². The van der Waals surface area contributed by atoms with Gasteiger partial charge in [-0.3, -0.25) is 4.79 Å². The van der Waals surface area contributed by atoms with Crippen LogP contribution in [0.5, 0.6) is 0 Å². The average Bonchev–Trinajstić information content (AvgIpc) is 2.45. The number of hydrogen-bond acceptors (Lipinski definition) is 2. The van der Waals surface area contributed by atoms with Crippen LogP contribution in [-0.2, 0) is 9.53 Å². The first-order valence-corrected chi connectivity index (χ1v) is 8.76. The smallest absolute Gasteiger partial charge is 0.302 e. The first-order chi connectivity index (χ1) is 11.2. The Balaban J connectivity index is 2.67. The zero-order valence-corrected chi connectivity index (χ0v) is 16.1. The minimum absolute atomic E-state index is 0.251. The molecular formula is C22H32O2. The molecule has 0 aliphatic heterocycles. The van der Waals surface area contributed by atoms with Crippen LogP contribution in [0.3, 0.4) is 0 Å². The molecule has 0 fully saturated rings. The second-order valence-electron chi connectivity index (χ2n) is 7.29. The van der Waals surface area contributed by atoms with Crippen LogP contribution >= 0.6 is 0 Å². The highest BCUT2D eigenvalue weighted by atomic mass is 16.5. The van der Waals surface area contributed by atoms with Gasteiger partial charge in [-0.1, -0.05) is 60.9 Å². The quantitative estimate of drug-likeness (QED) is 0.436. The van der Waals surface area contributed by atoms with E-state index < -0.39 is 0 Å². The Morgan fingerprint density at radius 1 is 1.17 bits per heavy atom. The van der Waals surface area contributed by atoms with Crippen LogP contribution in [-0.4, -0.2) is 12.6 Å². The first-order valence-electron chi connectivity index (χ1n) is 8.76. The van der Waals surface area contributed by atoms with Gasteiger partial charge in [-0.25, -0.2) is 0 Å². The zero-order valence-electron chi connectivity index (χ0n) is 16.1. The van der Waals surface area contributed by atoms with E-state index in [0.29, 0.717) is 6.61 Å². The maximum Gasteiger partial charge on any atom is 0.302 e. The average molecular weight is 328 g/mol. The molecule has 132 valence electrons. The molecule has 0 aromatic rings. The molecule has 0 atom stereocenters. The van der Waals surface area contributed by atoms with Gasteiger partial charge in [0, 0.05) is 6.92 Å². The lowest BCUT2D eigenvalue weighted by atomic mass is 9.72. The summed E-state index contributed by atoms with van der Waals surface area (Å²) in [6.45, 7) is 12.8. The van der Waals surface area contributed by atoms with Gasteiger partial charge in [0.2, 0.25) is 0 Å². The summed E-state index contributed by atoms with van der Waals surface area (Å²) in [6.07, 6.45) is 16.3. The van der Waals surface area contributed by atoms with E-state index in [2.05, 4.69) is 45.9 Å². The van der Waals surface area contributed by atoms with Gasteiger partial charge in [0.15, 0.2) is 0 Å². The molecule has 0 heterocycles. The molecule has 0 spiro atoms. The summed E-state index contributed by atoms with van der Waals surface area (Å²) >= 11 is 0. The lowest BCUT2D eigenvalue weighted by molar-refractivity contribution is -0.139. The SMILES string of the molecule is CC(=O)OC\C=C(C)/C=C\C=C(C)\C=C/C1=C(C)CCCC1(C)C. The molecule has 0 N–H and O–H groups in total. The standard InChI is InChI=1S/C22H32O2/c1-17(9-7-10-18(2)14-16-24-20(4)23)12-13-21-19(3)11-8-15-22(21,5)6/h7,9-10,12-14H,8,11,15-16H2,1-6H3/b10-7-,13-12-,17-9+,18-14-. The second-order valence-corrected chi connectivity index (χ2v) is 7.29. The Hall–Kier alpha value is -1.83. The molecule has 0 unspecified atom stereocenters. The first kappa shape index (κ1) is 20.2. The third kappa shape index (κ3) is 7.16. The maximum absolute atomic E-state index is 10.7. The highest BCUT2D eigenvalue weighted by molar-refractivity contribution is 5.66. The van der Waals surface area contributed by atoms with Crippen molar-refractivity contribution in [1.29, 1.82) is 0 Å². The Morgan fingerprint density at radius 2 is 1.88 bits per heavy atom. The van der Waals surface area contributed by atoms with Crippen molar-refractivity contribution in [3.63, 3.8) is 0 Å². The number of hydrogen-bond donors (Lipinski definition) is 0. The van der Waals surface area contributed by atoms with E-state index in [0.717, 1.165) is 5.57 Å². The molecule has 1 aliphatic rings. The van der Waals surface area contributed by atoms with Crippen LogP contribution < -0.4 is 0 Å². The summed E-state index contributed by atoms with van der Waals surface area (Å²) < 4.78 is 4.89. The Morgan fingerprint density at radius 3 is 2.50 bits per heavy atom. The van der Waals surface area contributed by atoms with Crippen LogP contribution in [0.2, 0.25) is 0 Å². The van der Waals surface area contributed by atoms with Gasteiger partial charge in [0.05, 0.1) is 0 Å². The molecule has 2 heteroatoms. The highest BCUT2D eigenvalue weighted by Crippen LogP contribution is 2.40. The third-order valence-electron chi connectivity index (χ3n) is 4.47. The molecule has 24 heavy (non-hydrogen) atoms. The van der Waals surface area contributed by atoms with Crippen molar-refractivity contribution in [3.8, 4) is 0 Å². The van der Waals surface area contributed by atoms with E-state index in [1.807, 2.05) is 25.2 Å². The monoisotopic (exact) mass is 328 g/mol. The summed E-state index contributed by atoms with van der Waals surface area (Å²) in [5, 5.41) is 0. The molecule has 1 rings (SSSR count). The van der Waals surface area contributed by atoms with Gasteiger partial charge in [0.1, 0.15) is 6.61 Å². The molecule has 1 aliphatic carbocycles. The lowest BCUT2D eigenvalue weighted by Crippen LogP contribution is -2.19. The number of allylic oxidation sites excluding steroid dienone is 9. The van der Waals surface area contributed by atoms with Gasteiger partial charge in [-0.2, -0.15) is 0 Å². The van der Waals surface area contributed by atoms with Crippen molar-refractivity contribution >= 4 is 5.97 Å². The van der Waals surface area contributed by atoms with Crippen LogP contribution in [0.25, 0.3) is 0 Å². The summed E-state index contributed by atoms with van der Waals surface area (Å²) in [5.74, 6) is -0.251. The molecule has 0 bridgehead atoms. The minimum atomic E-state index is -0.251. The number of carbonyl (C=O) groups excluding carboxylic acids is 1. The molecule has 0 saturated heterocycles. The maximum atomic E-state index is 10.7. The van der Waals surface area contributed by atoms with Gasteiger partial charge >= 0.3 is 5.97 Å². The van der Waals surface area contributed by atoms with E-state index in [9.17, 15) is 4.79 Å². The van der Waals surface area contributed by atoms with Gasteiger partial charge in [-0.15, -0.1) is 0 Å². The normalized spacial score (nSPS) is 19.4. The topological polar surface area (TPSA) is 26.3 Å². The zero-order chi connectivity index (χ0) is 18.2.